The Bertz CT molecular complexity index is 944. The summed E-state index contributed by atoms with van der Waals surface area (Å²) in [5.41, 5.74) is -1.06. The Hall–Kier alpha value is -2.97. The summed E-state index contributed by atoms with van der Waals surface area (Å²) in [4.78, 5) is 51.7. The predicted molar refractivity (Wildman–Crippen MR) is 90.6 cm³/mol. The monoisotopic (exact) mass is 348 g/mol. The zero-order valence-electron chi connectivity index (χ0n) is 14.3. The minimum Gasteiger partial charge on any atom is -0.480 e. The average molecular weight is 348 g/mol. The highest BCUT2D eigenvalue weighted by Gasteiger charge is 2.21. The lowest BCUT2D eigenvalue weighted by Crippen LogP contribution is -2.41. The molecule has 0 aliphatic carbocycles. The van der Waals surface area contributed by atoms with E-state index in [1.54, 1.807) is 0 Å². The Morgan fingerprint density at radius 3 is 2.52 bits per heavy atom. The first-order valence-electron chi connectivity index (χ1n) is 7.88. The van der Waals surface area contributed by atoms with E-state index < -0.39 is 29.2 Å². The smallest absolute Gasteiger partial charge is 0.332 e. The summed E-state index contributed by atoms with van der Waals surface area (Å²) in [6, 6.07) is 1.72. The van der Waals surface area contributed by atoms with E-state index in [1.165, 1.54) is 30.8 Å². The van der Waals surface area contributed by atoms with E-state index in [4.69, 9.17) is 0 Å². The SMILES string of the molecule is CCCC[C@H](NC(=O)c1ccc2c(=O)n(C)c(=O)n(C)c2n1)C(=O)O. The first kappa shape index (κ1) is 18.4. The number of hydrogen-bond acceptors (Lipinski definition) is 5. The van der Waals surface area contributed by atoms with Crippen molar-refractivity contribution in [3.05, 3.63) is 38.7 Å². The molecule has 0 spiro atoms. The van der Waals surface area contributed by atoms with E-state index in [1.807, 2.05) is 6.92 Å². The van der Waals surface area contributed by atoms with Gasteiger partial charge in [-0.05, 0) is 18.6 Å². The fraction of sp³-hybridized carbons (Fsp3) is 0.438. The molecule has 1 amide bonds. The van der Waals surface area contributed by atoms with E-state index in [0.717, 1.165) is 11.0 Å². The Balaban J connectivity index is 2.41. The maximum atomic E-state index is 12.3. The van der Waals surface area contributed by atoms with Gasteiger partial charge in [0, 0.05) is 14.1 Å². The van der Waals surface area contributed by atoms with Gasteiger partial charge in [0.15, 0.2) is 0 Å². The van der Waals surface area contributed by atoms with Crippen LogP contribution in [0.25, 0.3) is 11.0 Å². The van der Waals surface area contributed by atoms with Crippen LogP contribution in [0, 0.1) is 0 Å². The first-order valence-corrected chi connectivity index (χ1v) is 7.88. The number of aromatic nitrogens is 3. The lowest BCUT2D eigenvalue weighted by Gasteiger charge is -2.14. The molecule has 0 unspecified atom stereocenters. The van der Waals surface area contributed by atoms with Crippen LogP contribution in [0.2, 0.25) is 0 Å². The van der Waals surface area contributed by atoms with E-state index in [0.29, 0.717) is 12.8 Å². The maximum absolute atomic E-state index is 12.3. The van der Waals surface area contributed by atoms with Crippen molar-refractivity contribution in [2.75, 3.05) is 0 Å². The molecule has 0 aliphatic rings. The summed E-state index contributed by atoms with van der Waals surface area (Å²) in [7, 11) is 2.80. The summed E-state index contributed by atoms with van der Waals surface area (Å²) in [6.07, 6.45) is 1.77. The topological polar surface area (TPSA) is 123 Å². The van der Waals surface area contributed by atoms with E-state index in [-0.39, 0.29) is 16.7 Å². The molecule has 0 bridgehead atoms. The summed E-state index contributed by atoms with van der Waals surface area (Å²) in [5, 5.41) is 11.8. The number of nitrogens with one attached hydrogen (secondary N) is 1. The summed E-state index contributed by atoms with van der Waals surface area (Å²) >= 11 is 0. The van der Waals surface area contributed by atoms with Crippen molar-refractivity contribution in [2.45, 2.75) is 32.2 Å². The van der Waals surface area contributed by atoms with Crippen molar-refractivity contribution in [3.63, 3.8) is 0 Å². The minimum atomic E-state index is -1.12. The van der Waals surface area contributed by atoms with Gasteiger partial charge in [-0.3, -0.25) is 18.7 Å². The Morgan fingerprint density at radius 2 is 1.92 bits per heavy atom. The van der Waals surface area contributed by atoms with Gasteiger partial charge in [-0.15, -0.1) is 0 Å². The number of nitrogens with zero attached hydrogens (tertiary/aromatic N) is 3. The molecule has 0 aromatic carbocycles. The van der Waals surface area contributed by atoms with Crippen molar-refractivity contribution in [2.24, 2.45) is 14.1 Å². The number of rotatable bonds is 6. The van der Waals surface area contributed by atoms with Gasteiger partial charge in [0.2, 0.25) is 0 Å². The molecule has 9 heteroatoms. The van der Waals surface area contributed by atoms with Crippen molar-refractivity contribution in [1.82, 2.24) is 19.4 Å². The number of unbranched alkanes of at least 4 members (excludes halogenated alkanes) is 1. The molecule has 9 nitrogen and oxygen atoms in total. The molecule has 0 saturated carbocycles. The van der Waals surface area contributed by atoms with Gasteiger partial charge in [-0.1, -0.05) is 19.8 Å². The number of hydrogen-bond donors (Lipinski definition) is 2. The number of carboxylic acids is 1. The molecular weight excluding hydrogens is 328 g/mol. The van der Waals surface area contributed by atoms with E-state index in [2.05, 4.69) is 10.3 Å². The summed E-state index contributed by atoms with van der Waals surface area (Å²) in [5.74, 6) is -1.79. The van der Waals surface area contributed by atoms with Gasteiger partial charge >= 0.3 is 11.7 Å². The predicted octanol–water partition coefficient (Wildman–Crippen LogP) is 0.00540. The molecule has 0 aliphatic heterocycles. The second-order valence-electron chi connectivity index (χ2n) is 5.78. The van der Waals surface area contributed by atoms with Crippen molar-refractivity contribution in [3.8, 4) is 0 Å². The fourth-order valence-corrected chi connectivity index (χ4v) is 2.48. The molecule has 2 aromatic heterocycles. The number of pyridine rings is 1. The molecule has 134 valence electrons. The number of carboxylic acid groups (broad SMARTS) is 1. The molecule has 2 heterocycles. The van der Waals surface area contributed by atoms with Gasteiger partial charge in [0.25, 0.3) is 11.5 Å². The second kappa shape index (κ2) is 7.29. The number of carbonyl (C=O) groups is 2. The molecule has 0 saturated heterocycles. The largest absolute Gasteiger partial charge is 0.480 e. The summed E-state index contributed by atoms with van der Waals surface area (Å²) in [6.45, 7) is 1.92. The Kier molecular flexibility index (Phi) is 5.35. The number of aliphatic carboxylic acids is 1. The van der Waals surface area contributed by atoms with E-state index in [9.17, 15) is 24.3 Å². The van der Waals surface area contributed by atoms with Crippen molar-refractivity contribution in [1.29, 1.82) is 0 Å². The van der Waals surface area contributed by atoms with Crippen LogP contribution in [0.3, 0.4) is 0 Å². The maximum Gasteiger partial charge on any atom is 0.332 e. The number of aryl methyl sites for hydroxylation is 1. The molecule has 2 aromatic rings. The molecule has 2 rings (SSSR count). The van der Waals surface area contributed by atoms with Gasteiger partial charge < -0.3 is 10.4 Å². The van der Waals surface area contributed by atoms with Crippen LogP contribution in [-0.2, 0) is 18.9 Å². The first-order chi connectivity index (χ1) is 11.8. The molecule has 25 heavy (non-hydrogen) atoms. The zero-order chi connectivity index (χ0) is 18.7. The molecule has 2 N–H and O–H groups in total. The average Bonchev–Trinajstić information content (AvgIpc) is 2.60. The zero-order valence-corrected chi connectivity index (χ0v) is 14.3. The lowest BCUT2D eigenvalue weighted by atomic mass is 10.1. The van der Waals surface area contributed by atoms with E-state index >= 15 is 0 Å². The third kappa shape index (κ3) is 3.59. The molecular formula is C16H20N4O5. The molecule has 1 atom stereocenters. The van der Waals surface area contributed by atoms with Crippen LogP contribution in [0.1, 0.15) is 36.7 Å². The highest BCUT2D eigenvalue weighted by Crippen LogP contribution is 2.08. The van der Waals surface area contributed by atoms with Crippen LogP contribution in [0.4, 0.5) is 0 Å². The third-order valence-corrected chi connectivity index (χ3v) is 3.98. The van der Waals surface area contributed by atoms with Crippen LogP contribution in [0.15, 0.2) is 21.7 Å². The minimum absolute atomic E-state index is 0.0569. The van der Waals surface area contributed by atoms with Crippen LogP contribution < -0.4 is 16.6 Å². The van der Waals surface area contributed by atoms with Crippen LogP contribution >= 0.6 is 0 Å². The summed E-state index contributed by atoms with van der Waals surface area (Å²) < 4.78 is 2.12. The molecule has 0 radical (unpaired) electrons. The van der Waals surface area contributed by atoms with Gasteiger partial charge in [-0.25, -0.2) is 14.6 Å². The van der Waals surface area contributed by atoms with Crippen molar-refractivity contribution >= 4 is 22.9 Å². The quantitative estimate of drug-likeness (QED) is 0.758. The second-order valence-corrected chi connectivity index (χ2v) is 5.78. The van der Waals surface area contributed by atoms with Crippen LogP contribution in [0.5, 0.6) is 0 Å². The highest BCUT2D eigenvalue weighted by atomic mass is 16.4. The number of fused-ring (bicyclic) bond motifs is 1. The highest BCUT2D eigenvalue weighted by molar-refractivity contribution is 5.96. The lowest BCUT2D eigenvalue weighted by molar-refractivity contribution is -0.139. The van der Waals surface area contributed by atoms with Crippen molar-refractivity contribution < 1.29 is 14.7 Å². The number of carbonyl (C=O) groups excluding carboxylic acids is 1. The Labute approximate surface area is 142 Å². The van der Waals surface area contributed by atoms with Gasteiger partial charge in [0.1, 0.15) is 17.4 Å². The Morgan fingerprint density at radius 1 is 1.24 bits per heavy atom. The van der Waals surface area contributed by atoms with Gasteiger partial charge in [-0.2, -0.15) is 0 Å². The van der Waals surface area contributed by atoms with Gasteiger partial charge in [0.05, 0.1) is 5.39 Å². The third-order valence-electron chi connectivity index (χ3n) is 3.98. The standard InChI is InChI=1S/C16H20N4O5/c1-4-5-6-11(15(23)24)18-13(21)10-8-7-9-12(17-10)19(2)16(25)20(3)14(9)22/h7-8,11H,4-6H2,1-3H3,(H,18,21)(H,23,24)/t11-/m0/s1. The number of amides is 1. The fourth-order valence-electron chi connectivity index (χ4n) is 2.48. The van der Waals surface area contributed by atoms with Crippen LogP contribution in [-0.4, -0.2) is 37.1 Å². The normalized spacial score (nSPS) is 12.1. The molecule has 0 fully saturated rings.